The Morgan fingerprint density at radius 1 is 1.17 bits per heavy atom. The molecule has 0 spiro atoms. The van der Waals surface area contributed by atoms with Crippen LogP contribution in [0.25, 0.3) is 10.9 Å². The molecule has 1 atom stereocenters. The Labute approximate surface area is 136 Å². The fourth-order valence-corrected chi connectivity index (χ4v) is 3.76. The molecule has 2 nitrogen and oxygen atoms in total. The topological polar surface area (TPSA) is 8.17 Å². The molecule has 0 saturated carbocycles. The zero-order valence-corrected chi connectivity index (χ0v) is 13.6. The van der Waals surface area contributed by atoms with Crippen LogP contribution in [0.5, 0.6) is 0 Å². The number of likely N-dealkylation sites (N-methyl/N-ethyl adjacent to an activating group) is 1. The lowest BCUT2D eigenvalue weighted by atomic mass is 9.84. The van der Waals surface area contributed by atoms with Gasteiger partial charge in [-0.15, -0.1) is 0 Å². The molecule has 3 heteroatoms. The molecule has 0 aliphatic carbocycles. The first-order valence-electron chi connectivity index (χ1n) is 8.22. The number of benzene rings is 2. The van der Waals surface area contributed by atoms with Crippen LogP contribution in [0.4, 0.5) is 4.39 Å². The first-order valence-corrected chi connectivity index (χ1v) is 8.22. The normalized spacial score (nSPS) is 18.3. The first-order chi connectivity index (χ1) is 11.2. The number of aromatic nitrogens is 1. The minimum atomic E-state index is -0.0774. The van der Waals surface area contributed by atoms with E-state index in [2.05, 4.69) is 60.0 Å². The van der Waals surface area contributed by atoms with E-state index in [0.29, 0.717) is 6.54 Å². The van der Waals surface area contributed by atoms with Gasteiger partial charge in [0.15, 0.2) is 0 Å². The van der Waals surface area contributed by atoms with Crippen molar-refractivity contribution in [3.8, 4) is 0 Å². The summed E-state index contributed by atoms with van der Waals surface area (Å²) in [6.45, 7) is 4.75. The number of fused-ring (bicyclic) bond motifs is 2. The van der Waals surface area contributed by atoms with Gasteiger partial charge in [0.05, 0.1) is 0 Å². The molecule has 0 saturated heterocycles. The molecule has 0 fully saturated rings. The lowest BCUT2D eigenvalue weighted by Crippen LogP contribution is -2.34. The van der Waals surface area contributed by atoms with Crippen molar-refractivity contribution in [2.45, 2.75) is 19.4 Å². The Morgan fingerprint density at radius 3 is 2.87 bits per heavy atom. The number of aryl methyl sites for hydroxylation is 1. The van der Waals surface area contributed by atoms with Gasteiger partial charge in [-0.2, -0.15) is 0 Å². The number of halogens is 1. The zero-order chi connectivity index (χ0) is 16.0. The van der Waals surface area contributed by atoms with Crippen LogP contribution in [0.3, 0.4) is 0 Å². The molecule has 0 N–H and O–H groups in total. The van der Waals surface area contributed by atoms with Gasteiger partial charge in [0.2, 0.25) is 0 Å². The average molecular weight is 308 g/mol. The van der Waals surface area contributed by atoms with Gasteiger partial charge in [-0.1, -0.05) is 25.1 Å². The molecule has 1 aliphatic heterocycles. The average Bonchev–Trinajstić information content (AvgIpc) is 2.95. The van der Waals surface area contributed by atoms with E-state index in [1.807, 2.05) is 6.07 Å². The minimum Gasteiger partial charge on any atom is -0.351 e. The van der Waals surface area contributed by atoms with E-state index in [1.54, 1.807) is 6.07 Å². The zero-order valence-electron chi connectivity index (χ0n) is 13.6. The summed E-state index contributed by atoms with van der Waals surface area (Å²) in [6, 6.07) is 14.3. The molecule has 1 unspecified atom stereocenters. The van der Waals surface area contributed by atoms with Crippen LogP contribution in [-0.4, -0.2) is 22.6 Å². The van der Waals surface area contributed by atoms with Gasteiger partial charge >= 0.3 is 0 Å². The summed E-state index contributed by atoms with van der Waals surface area (Å²) in [5.74, 6) is 0.158. The van der Waals surface area contributed by atoms with Crippen LogP contribution < -0.4 is 0 Å². The van der Waals surface area contributed by atoms with E-state index in [4.69, 9.17) is 0 Å². The van der Waals surface area contributed by atoms with Gasteiger partial charge in [0.1, 0.15) is 5.82 Å². The van der Waals surface area contributed by atoms with Crippen LogP contribution in [-0.2, 0) is 13.6 Å². The maximum Gasteiger partial charge on any atom is 0.127 e. The van der Waals surface area contributed by atoms with Crippen LogP contribution >= 0.6 is 0 Å². The Morgan fingerprint density at radius 2 is 2.04 bits per heavy atom. The molecule has 0 radical (unpaired) electrons. The maximum atomic E-state index is 14.3. The third-order valence-corrected chi connectivity index (χ3v) is 5.11. The largest absolute Gasteiger partial charge is 0.351 e. The third kappa shape index (κ3) is 2.36. The van der Waals surface area contributed by atoms with Crippen molar-refractivity contribution in [3.63, 3.8) is 0 Å². The highest BCUT2D eigenvalue weighted by Crippen LogP contribution is 2.35. The molecule has 2 aromatic carbocycles. The second-order valence-corrected chi connectivity index (χ2v) is 6.43. The highest BCUT2D eigenvalue weighted by molar-refractivity contribution is 5.81. The maximum absolute atomic E-state index is 14.3. The van der Waals surface area contributed by atoms with Crippen molar-refractivity contribution in [1.29, 1.82) is 0 Å². The van der Waals surface area contributed by atoms with E-state index >= 15 is 0 Å². The third-order valence-electron chi connectivity index (χ3n) is 5.11. The predicted molar refractivity (Wildman–Crippen MR) is 92.1 cm³/mol. The molecular formula is C20H21FN2. The molecule has 0 bridgehead atoms. The monoisotopic (exact) mass is 308 g/mol. The van der Waals surface area contributed by atoms with Gasteiger partial charge in [-0.05, 0) is 47.3 Å². The van der Waals surface area contributed by atoms with Gasteiger partial charge in [0.25, 0.3) is 0 Å². The molecule has 0 amide bonds. The van der Waals surface area contributed by atoms with Gasteiger partial charge in [-0.3, -0.25) is 4.90 Å². The fourth-order valence-electron chi connectivity index (χ4n) is 3.76. The number of hydrogen-bond donors (Lipinski definition) is 0. The number of rotatable bonds is 2. The van der Waals surface area contributed by atoms with Gasteiger partial charge in [0, 0.05) is 43.3 Å². The number of hydrogen-bond acceptors (Lipinski definition) is 1. The molecule has 118 valence electrons. The second-order valence-electron chi connectivity index (χ2n) is 6.43. The van der Waals surface area contributed by atoms with Crippen molar-refractivity contribution in [3.05, 3.63) is 71.2 Å². The highest BCUT2D eigenvalue weighted by atomic mass is 19.1. The van der Waals surface area contributed by atoms with Crippen LogP contribution in [0.2, 0.25) is 0 Å². The van der Waals surface area contributed by atoms with Crippen molar-refractivity contribution in [2.24, 2.45) is 7.05 Å². The lowest BCUT2D eigenvalue weighted by Gasteiger charge is -2.34. The summed E-state index contributed by atoms with van der Waals surface area (Å²) in [6.07, 6.45) is 2.08. The summed E-state index contributed by atoms with van der Waals surface area (Å²) in [5.41, 5.74) is 4.51. The second kappa shape index (κ2) is 5.50. The van der Waals surface area contributed by atoms with E-state index in [0.717, 1.165) is 24.2 Å². The molecule has 4 rings (SSSR count). The van der Waals surface area contributed by atoms with Gasteiger partial charge < -0.3 is 4.57 Å². The summed E-state index contributed by atoms with van der Waals surface area (Å²) in [4.78, 5) is 2.32. The molecule has 1 aromatic heterocycles. The SMILES string of the molecule is CCN1Cc2c(F)cccc2C(c2ccc3c(ccn3C)c2)C1. The lowest BCUT2D eigenvalue weighted by molar-refractivity contribution is 0.248. The van der Waals surface area contributed by atoms with E-state index in [9.17, 15) is 4.39 Å². The smallest absolute Gasteiger partial charge is 0.127 e. The summed E-state index contributed by atoms with van der Waals surface area (Å²) in [5, 5.41) is 1.25. The highest BCUT2D eigenvalue weighted by Gasteiger charge is 2.27. The Kier molecular flexibility index (Phi) is 3.46. The van der Waals surface area contributed by atoms with E-state index < -0.39 is 0 Å². The van der Waals surface area contributed by atoms with E-state index in [1.165, 1.54) is 16.5 Å². The summed E-state index contributed by atoms with van der Waals surface area (Å²) in [7, 11) is 2.06. The van der Waals surface area contributed by atoms with Crippen molar-refractivity contribution < 1.29 is 4.39 Å². The quantitative estimate of drug-likeness (QED) is 0.686. The van der Waals surface area contributed by atoms with Crippen molar-refractivity contribution >= 4 is 10.9 Å². The molecule has 3 aromatic rings. The van der Waals surface area contributed by atoms with Crippen LogP contribution in [0, 0.1) is 5.82 Å². The molecular weight excluding hydrogens is 287 g/mol. The minimum absolute atomic E-state index is 0.0774. The molecule has 1 aliphatic rings. The Balaban J connectivity index is 1.84. The first kappa shape index (κ1) is 14.5. The summed E-state index contributed by atoms with van der Waals surface area (Å²) >= 11 is 0. The van der Waals surface area contributed by atoms with E-state index in [-0.39, 0.29) is 11.7 Å². The van der Waals surface area contributed by atoms with Crippen LogP contribution in [0.1, 0.15) is 29.5 Å². The molecule has 2 heterocycles. The van der Waals surface area contributed by atoms with Crippen molar-refractivity contribution in [2.75, 3.05) is 13.1 Å². The van der Waals surface area contributed by atoms with Crippen molar-refractivity contribution in [1.82, 2.24) is 9.47 Å². The Bertz CT molecular complexity index is 865. The fraction of sp³-hybridized carbons (Fsp3) is 0.300. The molecule has 23 heavy (non-hydrogen) atoms. The predicted octanol–water partition coefficient (Wildman–Crippen LogP) is 4.28. The Hall–Kier alpha value is -2.13. The standard InChI is InChI=1S/C20H21FN2/c1-3-23-12-17(16-5-4-6-19(21)18(16)13-23)14-7-8-20-15(11-14)9-10-22(20)2/h4-11,17H,3,12-13H2,1-2H3. The summed E-state index contributed by atoms with van der Waals surface area (Å²) < 4.78 is 16.4. The van der Waals surface area contributed by atoms with Gasteiger partial charge in [-0.25, -0.2) is 4.39 Å². The van der Waals surface area contributed by atoms with Crippen LogP contribution in [0.15, 0.2) is 48.7 Å². The number of nitrogens with zero attached hydrogens (tertiary/aromatic N) is 2.